The average Bonchev–Trinajstić information content (AvgIpc) is 2.36. The van der Waals surface area contributed by atoms with E-state index in [0.29, 0.717) is 12.1 Å². The third kappa shape index (κ3) is 4.78. The highest BCUT2D eigenvalue weighted by molar-refractivity contribution is 5.28. The Morgan fingerprint density at radius 3 is 2.29 bits per heavy atom. The van der Waals surface area contributed by atoms with Gasteiger partial charge in [-0.3, -0.25) is 0 Å². The third-order valence-electron chi connectivity index (χ3n) is 3.00. The van der Waals surface area contributed by atoms with Gasteiger partial charge in [-0.05, 0) is 44.4 Å². The third-order valence-corrected chi connectivity index (χ3v) is 3.00. The van der Waals surface area contributed by atoms with Gasteiger partial charge in [0.25, 0.3) is 0 Å². The Balaban J connectivity index is 2.54. The quantitative estimate of drug-likeness (QED) is 0.773. The zero-order valence-corrected chi connectivity index (χ0v) is 11.5. The molecular weight excluding hydrogens is 210 g/mol. The molecule has 2 nitrogen and oxygen atoms in total. The summed E-state index contributed by atoms with van der Waals surface area (Å²) >= 11 is 0. The lowest BCUT2D eigenvalue weighted by atomic mass is 10.1. The Bertz CT molecular complexity index is 307. The van der Waals surface area contributed by atoms with Crippen LogP contribution < -0.4 is 10.1 Å². The van der Waals surface area contributed by atoms with E-state index in [1.54, 1.807) is 0 Å². The van der Waals surface area contributed by atoms with Crippen molar-refractivity contribution in [1.82, 2.24) is 5.32 Å². The van der Waals surface area contributed by atoms with Crippen molar-refractivity contribution < 1.29 is 4.74 Å². The summed E-state index contributed by atoms with van der Waals surface area (Å²) in [6, 6.07) is 9.35. The van der Waals surface area contributed by atoms with Gasteiger partial charge >= 0.3 is 0 Å². The van der Waals surface area contributed by atoms with Crippen molar-refractivity contribution in [3.05, 3.63) is 29.8 Å². The number of ether oxygens (including phenoxy) is 1. The maximum atomic E-state index is 5.57. The van der Waals surface area contributed by atoms with Crippen molar-refractivity contribution in [2.24, 2.45) is 0 Å². The van der Waals surface area contributed by atoms with Gasteiger partial charge in [0, 0.05) is 12.1 Å². The van der Waals surface area contributed by atoms with Crippen LogP contribution in [0, 0.1) is 0 Å². The molecule has 0 aliphatic heterocycles. The van der Waals surface area contributed by atoms with E-state index >= 15 is 0 Å². The van der Waals surface area contributed by atoms with Crippen LogP contribution >= 0.6 is 0 Å². The number of benzene rings is 1. The molecule has 0 saturated heterocycles. The summed E-state index contributed by atoms with van der Waals surface area (Å²) in [5, 5.41) is 3.57. The van der Waals surface area contributed by atoms with Crippen LogP contribution in [-0.2, 0) is 0 Å². The van der Waals surface area contributed by atoms with Crippen LogP contribution in [0.3, 0.4) is 0 Å². The predicted octanol–water partition coefficient (Wildman–Crippen LogP) is 3.92. The molecule has 1 N–H and O–H groups in total. The number of rotatable bonds is 7. The van der Waals surface area contributed by atoms with Gasteiger partial charge in [0.05, 0.1) is 6.61 Å². The van der Waals surface area contributed by atoms with Gasteiger partial charge in [-0.2, -0.15) is 0 Å². The fourth-order valence-corrected chi connectivity index (χ4v) is 1.71. The van der Waals surface area contributed by atoms with Crippen molar-refractivity contribution in [2.45, 2.75) is 52.6 Å². The minimum atomic E-state index is 0.394. The average molecular weight is 235 g/mol. The van der Waals surface area contributed by atoms with E-state index in [4.69, 9.17) is 4.74 Å². The first kappa shape index (κ1) is 14.0. The normalized spacial score (nSPS) is 14.4. The van der Waals surface area contributed by atoms with E-state index in [1.807, 2.05) is 0 Å². The standard InChI is InChI=1S/C15H25NO/c1-5-11-17-15-9-7-14(8-10-15)13(4)16-12(3)6-2/h7-10,12-13,16H,5-6,11H2,1-4H3/t12-,13+/m1/s1. The topological polar surface area (TPSA) is 21.3 Å². The molecule has 1 aromatic carbocycles. The lowest BCUT2D eigenvalue weighted by Crippen LogP contribution is -2.28. The van der Waals surface area contributed by atoms with Crippen LogP contribution in [0.2, 0.25) is 0 Å². The van der Waals surface area contributed by atoms with E-state index in [9.17, 15) is 0 Å². The summed E-state index contributed by atoms with van der Waals surface area (Å²) in [7, 11) is 0. The first-order chi connectivity index (χ1) is 8.17. The van der Waals surface area contributed by atoms with Gasteiger partial charge in [-0.25, -0.2) is 0 Å². The highest BCUT2D eigenvalue weighted by atomic mass is 16.5. The van der Waals surface area contributed by atoms with Crippen molar-refractivity contribution >= 4 is 0 Å². The SMILES string of the molecule is CCCOc1ccc([C@H](C)N[C@H](C)CC)cc1. The predicted molar refractivity (Wildman–Crippen MR) is 73.5 cm³/mol. The summed E-state index contributed by atoms with van der Waals surface area (Å²) in [5.74, 6) is 0.964. The molecule has 96 valence electrons. The van der Waals surface area contributed by atoms with Crippen LogP contribution in [0.15, 0.2) is 24.3 Å². The summed E-state index contributed by atoms with van der Waals surface area (Å²) in [5.41, 5.74) is 1.31. The zero-order valence-electron chi connectivity index (χ0n) is 11.5. The molecule has 2 atom stereocenters. The number of nitrogens with one attached hydrogen (secondary N) is 1. The Morgan fingerprint density at radius 2 is 1.76 bits per heavy atom. The van der Waals surface area contributed by atoms with E-state index in [1.165, 1.54) is 5.56 Å². The summed E-state index contributed by atoms with van der Waals surface area (Å²) in [6.45, 7) is 9.53. The molecule has 0 spiro atoms. The molecule has 17 heavy (non-hydrogen) atoms. The highest BCUT2D eigenvalue weighted by Gasteiger charge is 2.07. The molecule has 0 aliphatic carbocycles. The second-order valence-electron chi connectivity index (χ2n) is 4.62. The van der Waals surface area contributed by atoms with E-state index in [0.717, 1.165) is 25.2 Å². The summed E-state index contributed by atoms with van der Waals surface area (Å²) in [6.07, 6.45) is 2.20. The van der Waals surface area contributed by atoms with Gasteiger partial charge in [0.15, 0.2) is 0 Å². The molecule has 0 radical (unpaired) electrons. The highest BCUT2D eigenvalue weighted by Crippen LogP contribution is 2.18. The molecule has 0 bridgehead atoms. The maximum absolute atomic E-state index is 5.57. The van der Waals surface area contributed by atoms with Gasteiger partial charge in [-0.15, -0.1) is 0 Å². The van der Waals surface area contributed by atoms with Gasteiger partial charge in [0.1, 0.15) is 5.75 Å². The second-order valence-corrected chi connectivity index (χ2v) is 4.62. The number of hydrogen-bond donors (Lipinski definition) is 1. The molecule has 0 aliphatic rings. The molecule has 0 unspecified atom stereocenters. The van der Waals surface area contributed by atoms with Crippen LogP contribution in [0.1, 0.15) is 52.1 Å². The molecule has 0 saturated carbocycles. The van der Waals surface area contributed by atoms with Crippen LogP contribution in [0.25, 0.3) is 0 Å². The van der Waals surface area contributed by atoms with Gasteiger partial charge in [-0.1, -0.05) is 26.0 Å². The van der Waals surface area contributed by atoms with E-state index in [-0.39, 0.29) is 0 Å². The van der Waals surface area contributed by atoms with Crippen molar-refractivity contribution in [2.75, 3.05) is 6.61 Å². The van der Waals surface area contributed by atoms with Gasteiger partial charge in [0.2, 0.25) is 0 Å². The minimum absolute atomic E-state index is 0.394. The Labute approximate surface area is 105 Å². The van der Waals surface area contributed by atoms with Crippen molar-refractivity contribution in [1.29, 1.82) is 0 Å². The van der Waals surface area contributed by atoms with Crippen molar-refractivity contribution in [3.8, 4) is 5.75 Å². The minimum Gasteiger partial charge on any atom is -0.494 e. The smallest absolute Gasteiger partial charge is 0.119 e. The molecular formula is C15H25NO. The Morgan fingerprint density at radius 1 is 1.12 bits per heavy atom. The first-order valence-corrected chi connectivity index (χ1v) is 6.66. The van der Waals surface area contributed by atoms with Gasteiger partial charge < -0.3 is 10.1 Å². The molecule has 0 heterocycles. The maximum Gasteiger partial charge on any atom is 0.119 e. The van der Waals surface area contributed by atoms with Crippen LogP contribution in [0.4, 0.5) is 0 Å². The lowest BCUT2D eigenvalue weighted by molar-refractivity contribution is 0.317. The van der Waals surface area contributed by atoms with E-state index < -0.39 is 0 Å². The first-order valence-electron chi connectivity index (χ1n) is 6.66. The number of hydrogen-bond acceptors (Lipinski definition) is 2. The Hall–Kier alpha value is -1.02. The van der Waals surface area contributed by atoms with E-state index in [2.05, 4.69) is 57.3 Å². The molecule has 0 amide bonds. The second kappa shape index (κ2) is 7.33. The monoisotopic (exact) mass is 235 g/mol. The fourth-order valence-electron chi connectivity index (χ4n) is 1.71. The zero-order chi connectivity index (χ0) is 12.7. The summed E-state index contributed by atoms with van der Waals surface area (Å²) in [4.78, 5) is 0. The molecule has 2 heteroatoms. The van der Waals surface area contributed by atoms with Crippen molar-refractivity contribution in [3.63, 3.8) is 0 Å². The molecule has 0 aromatic heterocycles. The van der Waals surface area contributed by atoms with Crippen LogP contribution in [-0.4, -0.2) is 12.6 Å². The molecule has 1 rings (SSSR count). The Kier molecular flexibility index (Phi) is 6.06. The lowest BCUT2D eigenvalue weighted by Gasteiger charge is -2.19. The molecule has 0 fully saturated rings. The van der Waals surface area contributed by atoms with Crippen LogP contribution in [0.5, 0.6) is 5.75 Å². The largest absolute Gasteiger partial charge is 0.494 e. The summed E-state index contributed by atoms with van der Waals surface area (Å²) < 4.78 is 5.57. The molecule has 1 aromatic rings. The fraction of sp³-hybridized carbons (Fsp3) is 0.600.